The van der Waals surface area contributed by atoms with Crippen molar-refractivity contribution in [3.05, 3.63) is 90.5 Å². The standard InChI is InChI=1S/C30H37N3O5S/c1-4-21-31-30(35)26(5-2)32(22-20-24-14-8-6-9-15-24)29(34)23-33(27-18-12-13-19-28(27)38-3)39(36,37)25-16-10-7-11-17-25/h6-19,26H,4-5,20-23H2,1-3H3,(H,31,35)/t26-/m0/s1. The van der Waals surface area contributed by atoms with E-state index in [1.165, 1.54) is 24.1 Å². The number of anilines is 1. The Labute approximate surface area is 231 Å². The Balaban J connectivity index is 2.02. The molecule has 0 radical (unpaired) electrons. The molecule has 1 atom stereocenters. The van der Waals surface area contributed by atoms with Crippen LogP contribution in [0.3, 0.4) is 0 Å². The van der Waals surface area contributed by atoms with Gasteiger partial charge in [0, 0.05) is 13.1 Å². The van der Waals surface area contributed by atoms with E-state index in [0.717, 1.165) is 16.3 Å². The van der Waals surface area contributed by atoms with E-state index in [1.54, 1.807) is 42.5 Å². The minimum absolute atomic E-state index is 0.0484. The first-order valence-electron chi connectivity index (χ1n) is 13.1. The first-order valence-corrected chi connectivity index (χ1v) is 14.6. The fourth-order valence-corrected chi connectivity index (χ4v) is 5.78. The van der Waals surface area contributed by atoms with Gasteiger partial charge in [0.15, 0.2) is 0 Å². The van der Waals surface area contributed by atoms with Crippen molar-refractivity contribution in [2.45, 2.75) is 44.0 Å². The van der Waals surface area contributed by atoms with Crippen LogP contribution in [0.5, 0.6) is 5.75 Å². The van der Waals surface area contributed by atoms with Crippen LogP contribution < -0.4 is 14.4 Å². The molecule has 2 amide bonds. The smallest absolute Gasteiger partial charge is 0.264 e. The van der Waals surface area contributed by atoms with E-state index >= 15 is 0 Å². The minimum atomic E-state index is -4.14. The van der Waals surface area contributed by atoms with Gasteiger partial charge in [0.05, 0.1) is 17.7 Å². The second-order valence-electron chi connectivity index (χ2n) is 9.03. The summed E-state index contributed by atoms with van der Waals surface area (Å²) in [6.07, 6.45) is 1.66. The third kappa shape index (κ3) is 7.60. The van der Waals surface area contributed by atoms with Crippen LogP contribution in [0.1, 0.15) is 32.3 Å². The highest BCUT2D eigenvalue weighted by molar-refractivity contribution is 7.92. The summed E-state index contributed by atoms with van der Waals surface area (Å²) in [5.41, 5.74) is 1.25. The van der Waals surface area contributed by atoms with Gasteiger partial charge in [-0.2, -0.15) is 0 Å². The molecule has 9 heteroatoms. The maximum Gasteiger partial charge on any atom is 0.264 e. The molecular formula is C30H37N3O5S. The van der Waals surface area contributed by atoms with E-state index in [2.05, 4.69) is 5.32 Å². The third-order valence-electron chi connectivity index (χ3n) is 6.38. The second-order valence-corrected chi connectivity index (χ2v) is 10.9. The van der Waals surface area contributed by atoms with Crippen molar-refractivity contribution in [3.63, 3.8) is 0 Å². The molecule has 3 aromatic carbocycles. The molecule has 208 valence electrons. The van der Waals surface area contributed by atoms with Crippen LogP contribution >= 0.6 is 0 Å². The molecule has 3 aromatic rings. The predicted octanol–water partition coefficient (Wildman–Crippen LogP) is 4.27. The summed E-state index contributed by atoms with van der Waals surface area (Å²) >= 11 is 0. The minimum Gasteiger partial charge on any atom is -0.495 e. The number of para-hydroxylation sites is 2. The molecule has 0 heterocycles. The number of benzene rings is 3. The number of carbonyl (C=O) groups excluding carboxylic acids is 2. The molecule has 0 aliphatic heterocycles. The zero-order chi connectivity index (χ0) is 28.3. The molecule has 0 unspecified atom stereocenters. The summed E-state index contributed by atoms with van der Waals surface area (Å²) in [6.45, 7) is 4.05. The molecule has 3 rings (SSSR count). The zero-order valence-corrected chi connectivity index (χ0v) is 23.6. The van der Waals surface area contributed by atoms with Gasteiger partial charge in [0.2, 0.25) is 11.8 Å². The number of carbonyl (C=O) groups is 2. The molecule has 0 aliphatic rings. The van der Waals surface area contributed by atoms with Crippen molar-refractivity contribution in [2.75, 3.05) is 31.0 Å². The van der Waals surface area contributed by atoms with Gasteiger partial charge in [-0.05, 0) is 49.1 Å². The average molecular weight is 552 g/mol. The van der Waals surface area contributed by atoms with Crippen molar-refractivity contribution in [3.8, 4) is 5.75 Å². The van der Waals surface area contributed by atoms with Gasteiger partial charge in [-0.15, -0.1) is 0 Å². The second kappa shape index (κ2) is 14.3. The number of sulfonamides is 1. The molecule has 0 aromatic heterocycles. The van der Waals surface area contributed by atoms with Gasteiger partial charge in [-0.25, -0.2) is 8.42 Å². The van der Waals surface area contributed by atoms with Crippen LogP contribution in [0.2, 0.25) is 0 Å². The monoisotopic (exact) mass is 551 g/mol. The zero-order valence-electron chi connectivity index (χ0n) is 22.7. The Hall–Kier alpha value is -3.85. The molecule has 0 fully saturated rings. The number of methoxy groups -OCH3 is 1. The van der Waals surface area contributed by atoms with Gasteiger partial charge in [0.1, 0.15) is 18.3 Å². The molecule has 0 saturated carbocycles. The van der Waals surface area contributed by atoms with Crippen LogP contribution in [0, 0.1) is 0 Å². The molecular weight excluding hydrogens is 514 g/mol. The highest BCUT2D eigenvalue weighted by Crippen LogP contribution is 2.32. The Morgan fingerprint density at radius 2 is 1.51 bits per heavy atom. The van der Waals surface area contributed by atoms with Crippen molar-refractivity contribution in [2.24, 2.45) is 0 Å². The van der Waals surface area contributed by atoms with Gasteiger partial charge >= 0.3 is 0 Å². The van der Waals surface area contributed by atoms with Gasteiger partial charge in [0.25, 0.3) is 10.0 Å². The van der Waals surface area contributed by atoms with Gasteiger partial charge in [-0.1, -0.05) is 74.5 Å². The molecule has 0 bridgehead atoms. The van der Waals surface area contributed by atoms with Gasteiger partial charge in [-0.3, -0.25) is 13.9 Å². The van der Waals surface area contributed by atoms with Crippen molar-refractivity contribution < 1.29 is 22.7 Å². The molecule has 0 spiro atoms. The lowest BCUT2D eigenvalue weighted by atomic mass is 10.1. The number of nitrogens with one attached hydrogen (secondary N) is 1. The summed E-state index contributed by atoms with van der Waals surface area (Å²) in [4.78, 5) is 28.7. The summed E-state index contributed by atoms with van der Waals surface area (Å²) in [5, 5.41) is 2.89. The summed E-state index contributed by atoms with van der Waals surface area (Å²) in [5.74, 6) is -0.418. The Kier molecular flexibility index (Phi) is 10.9. The van der Waals surface area contributed by atoms with E-state index < -0.39 is 28.5 Å². The van der Waals surface area contributed by atoms with Crippen LogP contribution in [0.4, 0.5) is 5.69 Å². The number of hydrogen-bond acceptors (Lipinski definition) is 5. The third-order valence-corrected chi connectivity index (χ3v) is 8.16. The van der Waals surface area contributed by atoms with E-state index in [0.29, 0.717) is 25.1 Å². The summed E-state index contributed by atoms with van der Waals surface area (Å²) in [6, 6.07) is 23.6. The number of amides is 2. The highest BCUT2D eigenvalue weighted by Gasteiger charge is 2.34. The lowest BCUT2D eigenvalue weighted by molar-refractivity contribution is -0.139. The number of ether oxygens (including phenoxy) is 1. The predicted molar refractivity (Wildman–Crippen MR) is 153 cm³/mol. The van der Waals surface area contributed by atoms with Crippen LogP contribution in [-0.2, 0) is 26.0 Å². The fourth-order valence-electron chi connectivity index (χ4n) is 4.33. The van der Waals surface area contributed by atoms with Crippen LogP contribution in [0.25, 0.3) is 0 Å². The molecule has 0 aliphatic carbocycles. The van der Waals surface area contributed by atoms with Crippen LogP contribution in [0.15, 0.2) is 89.8 Å². The Morgan fingerprint density at radius 1 is 0.897 bits per heavy atom. The molecule has 0 saturated heterocycles. The topological polar surface area (TPSA) is 96.0 Å². The summed E-state index contributed by atoms with van der Waals surface area (Å²) < 4.78 is 34.3. The van der Waals surface area contributed by atoms with E-state index in [1.807, 2.05) is 44.2 Å². The Morgan fingerprint density at radius 3 is 2.13 bits per heavy atom. The molecule has 1 N–H and O–H groups in total. The first-order chi connectivity index (χ1) is 18.8. The lowest BCUT2D eigenvalue weighted by Crippen LogP contribution is -2.53. The maximum absolute atomic E-state index is 14.0. The summed E-state index contributed by atoms with van der Waals surface area (Å²) in [7, 11) is -2.69. The molecule has 8 nitrogen and oxygen atoms in total. The maximum atomic E-state index is 14.0. The molecule has 39 heavy (non-hydrogen) atoms. The largest absolute Gasteiger partial charge is 0.495 e. The Bertz CT molecular complexity index is 1320. The van der Waals surface area contributed by atoms with Gasteiger partial charge < -0.3 is 15.0 Å². The van der Waals surface area contributed by atoms with E-state index in [-0.39, 0.29) is 23.0 Å². The van der Waals surface area contributed by atoms with Crippen molar-refractivity contribution in [1.29, 1.82) is 0 Å². The van der Waals surface area contributed by atoms with E-state index in [9.17, 15) is 18.0 Å². The van der Waals surface area contributed by atoms with Crippen LogP contribution in [-0.4, -0.2) is 57.9 Å². The number of hydrogen-bond donors (Lipinski definition) is 1. The SMILES string of the molecule is CCCNC(=O)[C@H](CC)N(CCc1ccccc1)C(=O)CN(c1ccccc1OC)S(=O)(=O)c1ccccc1. The lowest BCUT2D eigenvalue weighted by Gasteiger charge is -2.33. The normalized spacial score (nSPS) is 11.9. The van der Waals surface area contributed by atoms with Crippen molar-refractivity contribution in [1.82, 2.24) is 10.2 Å². The number of nitrogens with zero attached hydrogens (tertiary/aromatic N) is 2. The first kappa shape index (κ1) is 29.7. The quantitative estimate of drug-likeness (QED) is 0.323. The van der Waals surface area contributed by atoms with Crippen molar-refractivity contribution >= 4 is 27.5 Å². The number of rotatable bonds is 14. The van der Waals surface area contributed by atoms with E-state index in [4.69, 9.17) is 4.74 Å². The average Bonchev–Trinajstić information content (AvgIpc) is 2.97. The fraction of sp³-hybridized carbons (Fsp3) is 0.333. The highest BCUT2D eigenvalue weighted by atomic mass is 32.2.